The molecule has 2 aromatic rings. The minimum atomic E-state index is 0.210. The molecule has 0 aliphatic carbocycles. The highest BCUT2D eigenvalue weighted by Crippen LogP contribution is 2.22. The van der Waals surface area contributed by atoms with Crippen molar-refractivity contribution in [1.29, 1.82) is 0 Å². The number of nitrogens with one attached hydrogen (secondary N) is 1. The molecule has 0 heterocycles. The first-order valence-corrected chi connectivity index (χ1v) is 6.29. The normalized spacial score (nSPS) is 11.8. The van der Waals surface area contributed by atoms with E-state index in [2.05, 4.69) is 24.4 Å². The van der Waals surface area contributed by atoms with Crippen molar-refractivity contribution >= 4 is 22.9 Å². The van der Waals surface area contributed by atoms with Crippen LogP contribution in [-0.2, 0) is 0 Å². The zero-order valence-electron chi connectivity index (χ0n) is 10.3. The number of rotatable bonds is 4. The van der Waals surface area contributed by atoms with E-state index in [0.29, 0.717) is 4.99 Å². The second-order valence-corrected chi connectivity index (χ2v) is 4.63. The van der Waals surface area contributed by atoms with Crippen molar-refractivity contribution in [2.24, 2.45) is 5.73 Å². The largest absolute Gasteiger partial charge is 0.389 e. The summed E-state index contributed by atoms with van der Waals surface area (Å²) < 4.78 is 0. The zero-order chi connectivity index (χ0) is 13.0. The molecule has 3 heteroatoms. The van der Waals surface area contributed by atoms with E-state index in [1.807, 2.05) is 42.5 Å². The third-order valence-electron chi connectivity index (χ3n) is 2.86. The number of para-hydroxylation sites is 1. The van der Waals surface area contributed by atoms with Gasteiger partial charge in [0.1, 0.15) is 4.99 Å². The fraction of sp³-hybridized carbons (Fsp3) is 0.133. The summed E-state index contributed by atoms with van der Waals surface area (Å²) >= 11 is 5.06. The summed E-state index contributed by atoms with van der Waals surface area (Å²) in [4.78, 5) is 0.415. The summed E-state index contributed by atoms with van der Waals surface area (Å²) in [5.74, 6) is 0. The Morgan fingerprint density at radius 3 is 2.33 bits per heavy atom. The minimum absolute atomic E-state index is 0.210. The van der Waals surface area contributed by atoms with Gasteiger partial charge in [-0.25, -0.2) is 0 Å². The number of hydrogen-bond donors (Lipinski definition) is 2. The van der Waals surface area contributed by atoms with Crippen LogP contribution in [0.4, 0.5) is 5.69 Å². The van der Waals surface area contributed by atoms with Crippen molar-refractivity contribution in [2.45, 2.75) is 13.0 Å². The van der Waals surface area contributed by atoms with Gasteiger partial charge in [0, 0.05) is 17.3 Å². The quantitative estimate of drug-likeness (QED) is 0.822. The molecule has 2 rings (SSSR count). The molecule has 18 heavy (non-hydrogen) atoms. The summed E-state index contributed by atoms with van der Waals surface area (Å²) in [5, 5.41) is 3.44. The Labute approximate surface area is 113 Å². The molecule has 0 radical (unpaired) electrons. The summed E-state index contributed by atoms with van der Waals surface area (Å²) in [6.45, 7) is 2.12. The Morgan fingerprint density at radius 1 is 1.06 bits per heavy atom. The lowest BCUT2D eigenvalue weighted by atomic mass is 10.1. The summed E-state index contributed by atoms with van der Waals surface area (Å²) in [5.41, 5.74) is 8.81. The smallest absolute Gasteiger partial charge is 0.106 e. The van der Waals surface area contributed by atoms with Crippen LogP contribution >= 0.6 is 12.2 Å². The summed E-state index contributed by atoms with van der Waals surface area (Å²) in [6, 6.07) is 18.3. The second-order valence-electron chi connectivity index (χ2n) is 4.19. The maximum absolute atomic E-state index is 5.72. The Kier molecular flexibility index (Phi) is 3.95. The lowest BCUT2D eigenvalue weighted by molar-refractivity contribution is 0.884. The van der Waals surface area contributed by atoms with Crippen LogP contribution in [0.1, 0.15) is 24.1 Å². The van der Waals surface area contributed by atoms with Crippen LogP contribution in [0.5, 0.6) is 0 Å². The number of hydrogen-bond acceptors (Lipinski definition) is 2. The minimum Gasteiger partial charge on any atom is -0.389 e. The average molecular weight is 256 g/mol. The number of anilines is 1. The molecular formula is C15H16N2S. The molecule has 0 aliphatic heterocycles. The SMILES string of the molecule is CC(Nc1ccccc1C(N)=S)c1ccccc1. The first-order valence-electron chi connectivity index (χ1n) is 5.89. The van der Waals surface area contributed by atoms with Crippen molar-refractivity contribution in [3.05, 3.63) is 65.7 Å². The molecule has 92 valence electrons. The molecule has 0 fully saturated rings. The van der Waals surface area contributed by atoms with Gasteiger partial charge in [-0.15, -0.1) is 0 Å². The fourth-order valence-corrected chi connectivity index (χ4v) is 2.06. The molecule has 0 saturated carbocycles. The van der Waals surface area contributed by atoms with Gasteiger partial charge in [-0.3, -0.25) is 0 Å². The maximum atomic E-state index is 5.72. The molecular weight excluding hydrogens is 240 g/mol. The number of thiocarbonyl (C=S) groups is 1. The predicted molar refractivity (Wildman–Crippen MR) is 80.8 cm³/mol. The monoisotopic (exact) mass is 256 g/mol. The standard InChI is InChI=1S/C15H16N2S/c1-11(12-7-3-2-4-8-12)17-14-10-6-5-9-13(14)15(16)18/h2-11,17H,1H3,(H2,16,18). The van der Waals surface area contributed by atoms with E-state index in [1.165, 1.54) is 5.56 Å². The van der Waals surface area contributed by atoms with Gasteiger partial charge in [-0.1, -0.05) is 54.7 Å². The molecule has 2 nitrogen and oxygen atoms in total. The van der Waals surface area contributed by atoms with Gasteiger partial charge in [-0.2, -0.15) is 0 Å². The van der Waals surface area contributed by atoms with Crippen LogP contribution in [0.3, 0.4) is 0 Å². The molecule has 0 amide bonds. The first kappa shape index (κ1) is 12.6. The Bertz CT molecular complexity index is 537. The summed E-state index contributed by atoms with van der Waals surface area (Å²) in [7, 11) is 0. The zero-order valence-corrected chi connectivity index (χ0v) is 11.1. The predicted octanol–water partition coefficient (Wildman–Crippen LogP) is 3.49. The first-order chi connectivity index (χ1) is 8.68. The van der Waals surface area contributed by atoms with Crippen LogP contribution in [0.15, 0.2) is 54.6 Å². The third-order valence-corrected chi connectivity index (χ3v) is 3.08. The Balaban J connectivity index is 2.22. The van der Waals surface area contributed by atoms with Crippen LogP contribution in [0, 0.1) is 0 Å². The molecule has 0 aliphatic rings. The van der Waals surface area contributed by atoms with E-state index in [4.69, 9.17) is 18.0 Å². The van der Waals surface area contributed by atoms with Crippen LogP contribution in [0.25, 0.3) is 0 Å². The summed E-state index contributed by atoms with van der Waals surface area (Å²) in [6.07, 6.45) is 0. The van der Waals surface area contributed by atoms with Gasteiger partial charge in [0.2, 0.25) is 0 Å². The maximum Gasteiger partial charge on any atom is 0.106 e. The van der Waals surface area contributed by atoms with E-state index in [-0.39, 0.29) is 6.04 Å². The van der Waals surface area contributed by atoms with Gasteiger partial charge >= 0.3 is 0 Å². The second kappa shape index (κ2) is 5.65. The van der Waals surface area contributed by atoms with Gasteiger partial charge in [0.05, 0.1) is 0 Å². The average Bonchev–Trinajstić information content (AvgIpc) is 2.40. The van der Waals surface area contributed by atoms with E-state index < -0.39 is 0 Å². The Morgan fingerprint density at radius 2 is 1.67 bits per heavy atom. The topological polar surface area (TPSA) is 38.0 Å². The van der Waals surface area contributed by atoms with Crippen molar-refractivity contribution in [1.82, 2.24) is 0 Å². The highest BCUT2D eigenvalue weighted by atomic mass is 32.1. The highest BCUT2D eigenvalue weighted by molar-refractivity contribution is 7.80. The van der Waals surface area contributed by atoms with E-state index in [0.717, 1.165) is 11.3 Å². The molecule has 1 atom stereocenters. The van der Waals surface area contributed by atoms with Gasteiger partial charge in [-0.05, 0) is 24.6 Å². The van der Waals surface area contributed by atoms with Crippen molar-refractivity contribution in [3.63, 3.8) is 0 Å². The van der Waals surface area contributed by atoms with Gasteiger partial charge in [0.25, 0.3) is 0 Å². The van der Waals surface area contributed by atoms with Crippen LogP contribution in [0.2, 0.25) is 0 Å². The lowest BCUT2D eigenvalue weighted by Gasteiger charge is -2.18. The van der Waals surface area contributed by atoms with E-state index in [9.17, 15) is 0 Å². The Hall–Kier alpha value is -1.87. The van der Waals surface area contributed by atoms with E-state index in [1.54, 1.807) is 0 Å². The molecule has 2 aromatic carbocycles. The lowest BCUT2D eigenvalue weighted by Crippen LogP contribution is -2.14. The van der Waals surface area contributed by atoms with Crippen LogP contribution in [-0.4, -0.2) is 4.99 Å². The highest BCUT2D eigenvalue weighted by Gasteiger charge is 2.08. The number of nitrogens with two attached hydrogens (primary N) is 1. The van der Waals surface area contributed by atoms with Crippen LogP contribution < -0.4 is 11.1 Å². The van der Waals surface area contributed by atoms with Crippen molar-refractivity contribution < 1.29 is 0 Å². The number of benzene rings is 2. The van der Waals surface area contributed by atoms with Crippen molar-refractivity contribution in [2.75, 3.05) is 5.32 Å². The molecule has 3 N–H and O–H groups in total. The molecule has 0 spiro atoms. The van der Waals surface area contributed by atoms with Gasteiger partial charge < -0.3 is 11.1 Å². The van der Waals surface area contributed by atoms with Crippen molar-refractivity contribution in [3.8, 4) is 0 Å². The van der Waals surface area contributed by atoms with Gasteiger partial charge in [0.15, 0.2) is 0 Å². The molecule has 0 aromatic heterocycles. The third kappa shape index (κ3) is 2.87. The molecule has 0 saturated heterocycles. The fourth-order valence-electron chi connectivity index (χ4n) is 1.88. The molecule has 0 bridgehead atoms. The van der Waals surface area contributed by atoms with E-state index >= 15 is 0 Å². The molecule has 1 unspecified atom stereocenters.